The van der Waals surface area contributed by atoms with Gasteiger partial charge in [-0.2, -0.15) is 0 Å². The fourth-order valence-corrected chi connectivity index (χ4v) is 2.03. The highest BCUT2D eigenvalue weighted by Gasteiger charge is 2.30. The van der Waals surface area contributed by atoms with Crippen LogP contribution < -0.4 is 5.73 Å². The second kappa shape index (κ2) is 5.69. The van der Waals surface area contributed by atoms with Gasteiger partial charge in [0.25, 0.3) is 0 Å². The van der Waals surface area contributed by atoms with E-state index in [1.165, 1.54) is 0 Å². The molecule has 1 saturated heterocycles. The summed E-state index contributed by atoms with van der Waals surface area (Å²) in [7, 11) is 0. The molecule has 5 heteroatoms. The molecule has 0 bridgehead atoms. The van der Waals surface area contributed by atoms with Crippen molar-refractivity contribution in [2.75, 3.05) is 13.1 Å². The van der Waals surface area contributed by atoms with Crippen LogP contribution in [0.5, 0.6) is 0 Å². The highest BCUT2D eigenvalue weighted by molar-refractivity contribution is 5.78. The maximum absolute atomic E-state index is 12.1. The van der Waals surface area contributed by atoms with Crippen molar-refractivity contribution >= 4 is 11.9 Å². The summed E-state index contributed by atoms with van der Waals surface area (Å²) in [6.07, 6.45) is 1.70. The van der Waals surface area contributed by atoms with E-state index in [2.05, 4.69) is 0 Å². The topological polar surface area (TPSA) is 83.6 Å². The van der Waals surface area contributed by atoms with Crippen LogP contribution in [-0.4, -0.2) is 41.0 Å². The lowest BCUT2D eigenvalue weighted by molar-refractivity contribution is -0.145. The van der Waals surface area contributed by atoms with Crippen molar-refractivity contribution < 1.29 is 14.7 Å². The summed E-state index contributed by atoms with van der Waals surface area (Å²) in [4.78, 5) is 24.7. The number of carbonyl (C=O) groups is 2. The Kier molecular flexibility index (Phi) is 4.73. The molecule has 5 nitrogen and oxygen atoms in total. The molecule has 1 aliphatic rings. The largest absolute Gasteiger partial charge is 0.481 e. The summed E-state index contributed by atoms with van der Waals surface area (Å²) in [5.41, 5.74) is 5.88. The van der Waals surface area contributed by atoms with E-state index in [9.17, 15) is 9.59 Å². The van der Waals surface area contributed by atoms with Crippen LogP contribution in [0, 0.1) is 11.3 Å². The zero-order valence-corrected chi connectivity index (χ0v) is 11.5. The third-order valence-electron chi connectivity index (χ3n) is 3.63. The number of aliphatic carboxylic acids is 1. The number of hydrogen-bond donors (Lipinski definition) is 2. The van der Waals surface area contributed by atoms with Crippen molar-refractivity contribution in [3.05, 3.63) is 0 Å². The molecule has 1 unspecified atom stereocenters. The highest BCUT2D eigenvalue weighted by atomic mass is 16.4. The van der Waals surface area contributed by atoms with Crippen LogP contribution >= 0.6 is 0 Å². The Bertz CT molecular complexity index is 323. The number of carbonyl (C=O) groups excluding carboxylic acids is 1. The average Bonchev–Trinajstić information content (AvgIpc) is 2.27. The van der Waals surface area contributed by atoms with Crippen LogP contribution in [0.1, 0.15) is 40.0 Å². The Morgan fingerprint density at radius 2 is 2.06 bits per heavy atom. The highest BCUT2D eigenvalue weighted by Crippen LogP contribution is 2.22. The molecule has 3 N–H and O–H groups in total. The zero-order valence-electron chi connectivity index (χ0n) is 11.5. The monoisotopic (exact) mass is 256 g/mol. The standard InChI is InChI=1S/C13H24N2O3/c1-13(2,3)10(14)7-11(16)15-6-4-5-9(8-15)12(17)18/h9-10H,4-8,14H2,1-3H3,(H,17,18)/t9-,10?/m0/s1. The number of hydrogen-bond acceptors (Lipinski definition) is 3. The molecule has 1 amide bonds. The fraction of sp³-hybridized carbons (Fsp3) is 0.846. The van der Waals surface area contributed by atoms with Crippen molar-refractivity contribution in [3.63, 3.8) is 0 Å². The zero-order chi connectivity index (χ0) is 13.9. The van der Waals surface area contributed by atoms with Crippen LogP contribution in [-0.2, 0) is 9.59 Å². The van der Waals surface area contributed by atoms with E-state index in [0.717, 1.165) is 6.42 Å². The molecular weight excluding hydrogens is 232 g/mol. The van der Waals surface area contributed by atoms with Crippen molar-refractivity contribution in [1.82, 2.24) is 4.90 Å². The van der Waals surface area contributed by atoms with Gasteiger partial charge in [-0.1, -0.05) is 20.8 Å². The van der Waals surface area contributed by atoms with E-state index >= 15 is 0 Å². The molecule has 1 fully saturated rings. The van der Waals surface area contributed by atoms with Crippen molar-refractivity contribution in [1.29, 1.82) is 0 Å². The normalized spacial score (nSPS) is 22.7. The van der Waals surface area contributed by atoms with Crippen LogP contribution in [0.15, 0.2) is 0 Å². The summed E-state index contributed by atoms with van der Waals surface area (Å²) < 4.78 is 0. The number of amides is 1. The number of nitrogens with zero attached hydrogens (tertiary/aromatic N) is 1. The van der Waals surface area contributed by atoms with Crippen LogP contribution in [0.25, 0.3) is 0 Å². The summed E-state index contributed by atoms with van der Waals surface area (Å²) >= 11 is 0. The lowest BCUT2D eigenvalue weighted by Crippen LogP contribution is -2.46. The molecule has 0 aromatic heterocycles. The number of nitrogens with two attached hydrogens (primary N) is 1. The van der Waals surface area contributed by atoms with Gasteiger partial charge in [0, 0.05) is 25.6 Å². The minimum absolute atomic E-state index is 0.0247. The third-order valence-corrected chi connectivity index (χ3v) is 3.63. The Morgan fingerprint density at radius 3 is 2.56 bits per heavy atom. The second-order valence-corrected chi connectivity index (χ2v) is 6.19. The summed E-state index contributed by atoms with van der Waals surface area (Å²) in [6.45, 7) is 6.98. The maximum Gasteiger partial charge on any atom is 0.308 e. The SMILES string of the molecule is CC(C)(C)C(N)CC(=O)N1CCC[C@H](C(=O)O)C1. The van der Waals surface area contributed by atoms with Gasteiger partial charge in [0.2, 0.25) is 5.91 Å². The smallest absolute Gasteiger partial charge is 0.308 e. The van der Waals surface area contributed by atoms with E-state index < -0.39 is 11.9 Å². The van der Waals surface area contributed by atoms with E-state index in [1.807, 2.05) is 20.8 Å². The first kappa shape index (κ1) is 15.0. The van der Waals surface area contributed by atoms with Gasteiger partial charge >= 0.3 is 5.97 Å². The average molecular weight is 256 g/mol. The summed E-state index contributed by atoms with van der Waals surface area (Å²) in [6, 6.07) is -0.199. The molecular formula is C13H24N2O3. The molecule has 0 aromatic carbocycles. The van der Waals surface area contributed by atoms with Crippen LogP contribution in [0.4, 0.5) is 0 Å². The van der Waals surface area contributed by atoms with Crippen LogP contribution in [0.2, 0.25) is 0 Å². The maximum atomic E-state index is 12.1. The van der Waals surface area contributed by atoms with E-state index in [4.69, 9.17) is 10.8 Å². The summed E-state index contributed by atoms with van der Waals surface area (Å²) in [5.74, 6) is -1.26. The Balaban J connectivity index is 2.54. The van der Waals surface area contributed by atoms with Gasteiger partial charge in [-0.05, 0) is 18.3 Å². The molecule has 1 aliphatic heterocycles. The minimum atomic E-state index is -0.812. The van der Waals surface area contributed by atoms with Gasteiger partial charge in [0.05, 0.1) is 5.92 Å². The summed E-state index contributed by atoms with van der Waals surface area (Å²) in [5, 5.41) is 8.99. The van der Waals surface area contributed by atoms with Gasteiger partial charge in [-0.25, -0.2) is 0 Å². The molecule has 0 saturated carbocycles. The second-order valence-electron chi connectivity index (χ2n) is 6.19. The predicted octanol–water partition coefficient (Wildman–Crippen LogP) is 1.07. The van der Waals surface area contributed by atoms with E-state index in [0.29, 0.717) is 19.5 Å². The molecule has 1 heterocycles. The van der Waals surface area contributed by atoms with Gasteiger partial charge < -0.3 is 15.7 Å². The number of carboxylic acid groups (broad SMARTS) is 1. The van der Waals surface area contributed by atoms with Crippen molar-refractivity contribution in [3.8, 4) is 0 Å². The van der Waals surface area contributed by atoms with Gasteiger partial charge in [0.1, 0.15) is 0 Å². The first-order valence-corrected chi connectivity index (χ1v) is 6.48. The third kappa shape index (κ3) is 3.98. The molecule has 0 aliphatic carbocycles. The molecule has 0 radical (unpaired) electrons. The first-order valence-electron chi connectivity index (χ1n) is 6.48. The Labute approximate surface area is 108 Å². The van der Waals surface area contributed by atoms with Crippen molar-refractivity contribution in [2.45, 2.75) is 46.1 Å². The minimum Gasteiger partial charge on any atom is -0.481 e. The molecule has 104 valence electrons. The van der Waals surface area contributed by atoms with Gasteiger partial charge in [-0.3, -0.25) is 9.59 Å². The number of carboxylic acids is 1. The first-order chi connectivity index (χ1) is 8.21. The van der Waals surface area contributed by atoms with E-state index in [-0.39, 0.29) is 23.8 Å². The molecule has 18 heavy (non-hydrogen) atoms. The molecule has 0 aromatic rings. The lowest BCUT2D eigenvalue weighted by Gasteiger charge is -2.33. The number of piperidine rings is 1. The Hall–Kier alpha value is -1.10. The molecule has 2 atom stereocenters. The Morgan fingerprint density at radius 1 is 1.44 bits per heavy atom. The fourth-order valence-electron chi connectivity index (χ4n) is 2.03. The van der Waals surface area contributed by atoms with Gasteiger partial charge in [-0.15, -0.1) is 0 Å². The predicted molar refractivity (Wildman–Crippen MR) is 69.0 cm³/mol. The van der Waals surface area contributed by atoms with Crippen molar-refractivity contribution in [2.24, 2.45) is 17.1 Å². The lowest BCUT2D eigenvalue weighted by atomic mass is 9.85. The quantitative estimate of drug-likeness (QED) is 0.791. The number of rotatable bonds is 3. The number of likely N-dealkylation sites (tertiary alicyclic amines) is 1. The molecule has 0 spiro atoms. The molecule has 1 rings (SSSR count). The van der Waals surface area contributed by atoms with E-state index in [1.54, 1.807) is 4.90 Å². The van der Waals surface area contributed by atoms with Crippen LogP contribution in [0.3, 0.4) is 0 Å². The van der Waals surface area contributed by atoms with Gasteiger partial charge in [0.15, 0.2) is 0 Å².